The Bertz CT molecular complexity index is 545. The molecule has 1 aromatic heterocycles. The summed E-state index contributed by atoms with van der Waals surface area (Å²) >= 11 is 0. The third kappa shape index (κ3) is 3.96. The average molecular weight is 296 g/mol. The first-order valence-electron chi connectivity index (χ1n) is 4.84. The second-order valence-electron chi connectivity index (χ2n) is 3.34. The van der Waals surface area contributed by atoms with Crippen molar-refractivity contribution in [2.75, 3.05) is 7.11 Å². The molecular formula is C9H7F3N2O6. The molecule has 1 rings (SSSR count). The maximum atomic E-state index is 12.1. The molecule has 110 valence electrons. The smallest absolute Gasteiger partial charge is 0.496 e. The van der Waals surface area contributed by atoms with E-state index in [2.05, 4.69) is 14.5 Å². The molecule has 0 fully saturated rings. The normalized spacial score (nSPS) is 11.0. The van der Waals surface area contributed by atoms with E-state index in [4.69, 9.17) is 5.11 Å². The van der Waals surface area contributed by atoms with Crippen molar-refractivity contribution < 1.29 is 37.5 Å². The van der Waals surface area contributed by atoms with Crippen LogP contribution in [0.25, 0.3) is 0 Å². The first-order valence-corrected chi connectivity index (χ1v) is 4.84. The minimum Gasteiger partial charge on any atom is -0.496 e. The van der Waals surface area contributed by atoms with Gasteiger partial charge < -0.3 is 24.7 Å². The van der Waals surface area contributed by atoms with Gasteiger partial charge in [0, 0.05) is 4.98 Å². The third-order valence-corrected chi connectivity index (χ3v) is 1.98. The van der Waals surface area contributed by atoms with E-state index in [9.17, 15) is 28.1 Å². The van der Waals surface area contributed by atoms with E-state index in [-0.39, 0.29) is 0 Å². The molecule has 11 heteroatoms. The molecule has 8 nitrogen and oxygen atoms in total. The second-order valence-corrected chi connectivity index (χ2v) is 3.34. The SMILES string of the molecule is COc1cc(OC(F)(F)F)nc([N+](=O)[O-])c1CC(=O)O. The Morgan fingerprint density at radius 1 is 1.55 bits per heavy atom. The number of pyridine rings is 1. The molecular weight excluding hydrogens is 289 g/mol. The zero-order valence-corrected chi connectivity index (χ0v) is 9.80. The lowest BCUT2D eigenvalue weighted by molar-refractivity contribution is -0.390. The van der Waals surface area contributed by atoms with Crippen LogP contribution in [0.2, 0.25) is 0 Å². The fourth-order valence-corrected chi connectivity index (χ4v) is 1.33. The lowest BCUT2D eigenvalue weighted by Crippen LogP contribution is -2.19. The van der Waals surface area contributed by atoms with E-state index in [1.807, 2.05) is 0 Å². The van der Waals surface area contributed by atoms with E-state index in [1.165, 1.54) is 0 Å². The Labute approximate surface area is 108 Å². The highest BCUT2D eigenvalue weighted by atomic mass is 19.4. The summed E-state index contributed by atoms with van der Waals surface area (Å²) in [5.41, 5.74) is -0.459. The summed E-state index contributed by atoms with van der Waals surface area (Å²) in [5, 5.41) is 19.4. The van der Waals surface area contributed by atoms with Crippen molar-refractivity contribution in [2.24, 2.45) is 0 Å². The van der Waals surface area contributed by atoms with Gasteiger partial charge in [-0.15, -0.1) is 13.2 Å². The van der Waals surface area contributed by atoms with Gasteiger partial charge in [-0.2, -0.15) is 0 Å². The standard InChI is InChI=1S/C9H7F3N2O6/c1-19-5-3-6(20-9(10,11)12)13-8(14(17)18)4(5)2-7(15)16/h3H,2H2,1H3,(H,15,16). The van der Waals surface area contributed by atoms with E-state index in [1.54, 1.807) is 0 Å². The number of hydrogen-bond acceptors (Lipinski definition) is 6. The molecule has 0 aliphatic heterocycles. The quantitative estimate of drug-likeness (QED) is 0.647. The predicted octanol–water partition coefficient (Wildman–Crippen LogP) is 1.52. The molecule has 0 amide bonds. The van der Waals surface area contributed by atoms with Crippen LogP contribution in [0.4, 0.5) is 19.0 Å². The first-order chi connectivity index (χ1) is 9.14. The Kier molecular flexibility index (Phi) is 4.32. The lowest BCUT2D eigenvalue weighted by Gasteiger charge is -2.09. The van der Waals surface area contributed by atoms with Gasteiger partial charge in [0.05, 0.1) is 19.6 Å². The molecule has 0 saturated carbocycles. The van der Waals surface area contributed by atoms with Gasteiger partial charge in [0.1, 0.15) is 11.3 Å². The van der Waals surface area contributed by atoms with Crippen LogP contribution in [0.3, 0.4) is 0 Å². The van der Waals surface area contributed by atoms with E-state index < -0.39 is 46.7 Å². The highest BCUT2D eigenvalue weighted by Gasteiger charge is 2.36. The number of ether oxygens (including phenoxy) is 2. The predicted molar refractivity (Wildman–Crippen MR) is 55.5 cm³/mol. The van der Waals surface area contributed by atoms with Crippen LogP contribution < -0.4 is 9.47 Å². The molecule has 0 aromatic carbocycles. The number of hydrogen-bond donors (Lipinski definition) is 1. The van der Waals surface area contributed by atoms with Gasteiger partial charge in [0.25, 0.3) is 0 Å². The number of methoxy groups -OCH3 is 1. The molecule has 0 radical (unpaired) electrons. The van der Waals surface area contributed by atoms with Crippen LogP contribution in [0.5, 0.6) is 11.6 Å². The topological polar surface area (TPSA) is 112 Å². The molecule has 20 heavy (non-hydrogen) atoms. The summed E-state index contributed by atoms with van der Waals surface area (Å²) in [6.45, 7) is 0. The van der Waals surface area contributed by atoms with Crippen molar-refractivity contribution in [3.05, 3.63) is 21.7 Å². The summed E-state index contributed by atoms with van der Waals surface area (Å²) in [5.74, 6) is -4.06. The van der Waals surface area contributed by atoms with Crippen LogP contribution in [0.1, 0.15) is 5.56 Å². The van der Waals surface area contributed by atoms with Crippen LogP contribution in [-0.4, -0.2) is 34.5 Å². The number of alkyl halides is 3. The maximum Gasteiger partial charge on any atom is 0.575 e. The van der Waals surface area contributed by atoms with Gasteiger partial charge in [0.15, 0.2) is 0 Å². The molecule has 1 aromatic rings. The van der Waals surface area contributed by atoms with Crippen molar-refractivity contribution in [2.45, 2.75) is 12.8 Å². The molecule has 0 bridgehead atoms. The number of carbonyl (C=O) groups is 1. The van der Waals surface area contributed by atoms with Crippen LogP contribution >= 0.6 is 0 Å². The zero-order valence-electron chi connectivity index (χ0n) is 9.80. The number of nitro groups is 1. The molecule has 0 aliphatic carbocycles. The molecule has 1 N–H and O–H groups in total. The highest BCUT2D eigenvalue weighted by Crippen LogP contribution is 2.33. The van der Waals surface area contributed by atoms with Gasteiger partial charge in [0.2, 0.25) is 0 Å². The first kappa shape index (κ1) is 15.5. The van der Waals surface area contributed by atoms with Crippen molar-refractivity contribution in [1.82, 2.24) is 4.98 Å². The number of nitrogens with zero attached hydrogens (tertiary/aromatic N) is 2. The maximum absolute atomic E-state index is 12.1. The third-order valence-electron chi connectivity index (χ3n) is 1.98. The number of aliphatic carboxylic acids is 1. The van der Waals surface area contributed by atoms with Gasteiger partial charge in [-0.25, -0.2) is 0 Å². The van der Waals surface area contributed by atoms with Crippen LogP contribution in [0, 0.1) is 10.1 Å². The van der Waals surface area contributed by atoms with Crippen molar-refractivity contribution in [3.8, 4) is 11.6 Å². The number of halogens is 3. The van der Waals surface area contributed by atoms with E-state index >= 15 is 0 Å². The Morgan fingerprint density at radius 3 is 2.55 bits per heavy atom. The van der Waals surface area contributed by atoms with E-state index in [0.717, 1.165) is 7.11 Å². The summed E-state index contributed by atoms with van der Waals surface area (Å²) < 4.78 is 44.2. The van der Waals surface area contributed by atoms with E-state index in [0.29, 0.717) is 6.07 Å². The number of carboxylic acids is 1. The molecule has 0 aliphatic rings. The molecule has 0 unspecified atom stereocenters. The van der Waals surface area contributed by atoms with Crippen LogP contribution in [-0.2, 0) is 11.2 Å². The van der Waals surface area contributed by atoms with Crippen molar-refractivity contribution in [1.29, 1.82) is 0 Å². The summed E-state index contributed by atoms with van der Waals surface area (Å²) in [4.78, 5) is 23.3. The summed E-state index contributed by atoms with van der Waals surface area (Å²) in [6.07, 6.45) is -5.93. The zero-order chi connectivity index (χ0) is 15.5. The molecule has 1 heterocycles. The molecule has 0 saturated heterocycles. The van der Waals surface area contributed by atoms with Gasteiger partial charge >= 0.3 is 24.0 Å². The minimum atomic E-state index is -5.10. The molecule has 0 atom stereocenters. The fourth-order valence-electron chi connectivity index (χ4n) is 1.33. The summed E-state index contributed by atoms with van der Waals surface area (Å²) in [7, 11) is 1.02. The van der Waals surface area contributed by atoms with Gasteiger partial charge in [-0.05, 0) is 4.92 Å². The fraction of sp³-hybridized carbons (Fsp3) is 0.333. The second kappa shape index (κ2) is 5.59. The summed E-state index contributed by atoms with van der Waals surface area (Å²) in [6, 6.07) is 0.624. The van der Waals surface area contributed by atoms with Crippen molar-refractivity contribution >= 4 is 11.8 Å². The highest BCUT2D eigenvalue weighted by molar-refractivity contribution is 5.73. The largest absolute Gasteiger partial charge is 0.575 e. The number of carboxylic acid groups (broad SMARTS) is 1. The minimum absolute atomic E-state index is 0.437. The van der Waals surface area contributed by atoms with Crippen molar-refractivity contribution in [3.63, 3.8) is 0 Å². The molecule has 0 spiro atoms. The number of rotatable bonds is 5. The van der Waals surface area contributed by atoms with Gasteiger partial charge in [-0.3, -0.25) is 4.79 Å². The Balaban J connectivity index is 3.38. The van der Waals surface area contributed by atoms with Crippen LogP contribution in [0.15, 0.2) is 6.07 Å². The Morgan fingerprint density at radius 2 is 2.15 bits per heavy atom. The Hall–Kier alpha value is -2.59. The average Bonchev–Trinajstić information content (AvgIpc) is 2.27. The lowest BCUT2D eigenvalue weighted by atomic mass is 10.1. The number of aromatic nitrogens is 1. The van der Waals surface area contributed by atoms with Gasteiger partial charge in [-0.1, -0.05) is 0 Å². The monoisotopic (exact) mass is 296 g/mol.